The highest BCUT2D eigenvalue weighted by atomic mass is 32.1. The van der Waals surface area contributed by atoms with E-state index in [0.717, 1.165) is 17.5 Å². The van der Waals surface area contributed by atoms with Crippen molar-refractivity contribution in [2.45, 2.75) is 12.8 Å². The van der Waals surface area contributed by atoms with Gasteiger partial charge in [0.2, 0.25) is 0 Å². The zero-order chi connectivity index (χ0) is 14.8. The highest BCUT2D eigenvalue weighted by molar-refractivity contribution is 7.17. The van der Waals surface area contributed by atoms with Gasteiger partial charge in [0.1, 0.15) is 0 Å². The maximum absolute atomic E-state index is 12.2. The monoisotopic (exact) mass is 304 g/mol. The van der Waals surface area contributed by atoms with Crippen molar-refractivity contribution >= 4 is 39.1 Å². The Morgan fingerprint density at radius 2 is 2.24 bits per heavy atom. The Kier molecular flexibility index (Phi) is 3.79. The number of benzene rings is 1. The number of aliphatic carboxylic acids is 1. The Labute approximate surface area is 126 Å². The first-order chi connectivity index (χ1) is 10.1. The minimum absolute atomic E-state index is 0.0626. The molecule has 1 atom stereocenters. The van der Waals surface area contributed by atoms with E-state index in [9.17, 15) is 9.59 Å². The van der Waals surface area contributed by atoms with Crippen LogP contribution in [0.2, 0.25) is 0 Å². The van der Waals surface area contributed by atoms with Gasteiger partial charge < -0.3 is 15.3 Å². The fourth-order valence-electron chi connectivity index (χ4n) is 2.68. The number of nitrogens with zero attached hydrogens (tertiary/aromatic N) is 1. The molecular formula is C15H16N2O3S. The summed E-state index contributed by atoms with van der Waals surface area (Å²) < 4.78 is 1.19. The number of carboxylic acid groups (broad SMARTS) is 1. The second-order valence-corrected chi connectivity index (χ2v) is 6.25. The van der Waals surface area contributed by atoms with Crippen LogP contribution < -0.4 is 5.32 Å². The molecule has 0 saturated carbocycles. The molecule has 0 aliphatic carbocycles. The van der Waals surface area contributed by atoms with Gasteiger partial charge in [0.05, 0.1) is 0 Å². The van der Waals surface area contributed by atoms with Crippen molar-refractivity contribution in [2.75, 3.05) is 18.4 Å². The number of carbonyl (C=O) groups excluding carboxylic acids is 1. The summed E-state index contributed by atoms with van der Waals surface area (Å²) in [7, 11) is 0. The minimum atomic E-state index is -0.801. The van der Waals surface area contributed by atoms with Crippen LogP contribution in [0.1, 0.15) is 12.8 Å². The number of nitrogens with one attached hydrogen (secondary N) is 1. The molecule has 5 nitrogen and oxygen atoms in total. The lowest BCUT2D eigenvalue weighted by molar-refractivity contribution is -0.138. The van der Waals surface area contributed by atoms with E-state index >= 15 is 0 Å². The normalized spacial score (nSPS) is 18.1. The van der Waals surface area contributed by atoms with Gasteiger partial charge in [-0.25, -0.2) is 4.79 Å². The van der Waals surface area contributed by atoms with Crippen LogP contribution in [0, 0.1) is 5.92 Å². The smallest absolute Gasteiger partial charge is 0.321 e. The summed E-state index contributed by atoms with van der Waals surface area (Å²) in [4.78, 5) is 24.6. The molecule has 1 aliphatic rings. The Bertz CT molecular complexity index is 682. The number of carbonyl (C=O) groups is 2. The van der Waals surface area contributed by atoms with Gasteiger partial charge in [-0.2, -0.15) is 0 Å². The number of amides is 2. The summed E-state index contributed by atoms with van der Waals surface area (Å²) in [5.74, 6) is -0.738. The van der Waals surface area contributed by atoms with Crippen LogP contribution in [0.4, 0.5) is 10.5 Å². The van der Waals surface area contributed by atoms with E-state index in [-0.39, 0.29) is 18.4 Å². The van der Waals surface area contributed by atoms with E-state index in [4.69, 9.17) is 5.11 Å². The fraction of sp³-hybridized carbons (Fsp3) is 0.333. The van der Waals surface area contributed by atoms with Crippen molar-refractivity contribution in [1.82, 2.24) is 4.90 Å². The van der Waals surface area contributed by atoms with Crippen LogP contribution in [-0.4, -0.2) is 35.1 Å². The lowest BCUT2D eigenvalue weighted by Gasteiger charge is -2.17. The third-order valence-electron chi connectivity index (χ3n) is 3.74. The summed E-state index contributed by atoms with van der Waals surface area (Å²) in [5.41, 5.74) is 0.771. The van der Waals surface area contributed by atoms with Gasteiger partial charge in [0.15, 0.2) is 0 Å². The Balaban J connectivity index is 1.62. The SMILES string of the molecule is O=C(O)CC1CCN(C(=O)Nc2ccc3sccc3c2)C1. The summed E-state index contributed by atoms with van der Waals surface area (Å²) in [6.45, 7) is 1.13. The minimum Gasteiger partial charge on any atom is -0.481 e. The van der Waals surface area contributed by atoms with Gasteiger partial charge in [0.25, 0.3) is 0 Å². The average molecular weight is 304 g/mol. The van der Waals surface area contributed by atoms with Gasteiger partial charge in [-0.05, 0) is 47.4 Å². The van der Waals surface area contributed by atoms with E-state index in [1.54, 1.807) is 16.2 Å². The Morgan fingerprint density at radius 3 is 3.05 bits per heavy atom. The molecule has 1 saturated heterocycles. The van der Waals surface area contributed by atoms with Crippen molar-refractivity contribution in [2.24, 2.45) is 5.92 Å². The van der Waals surface area contributed by atoms with Crippen LogP contribution in [0.3, 0.4) is 0 Å². The number of hydrogen-bond donors (Lipinski definition) is 2. The van der Waals surface area contributed by atoms with E-state index in [1.807, 2.05) is 29.6 Å². The zero-order valence-corrected chi connectivity index (χ0v) is 12.2. The fourth-order valence-corrected chi connectivity index (χ4v) is 3.45. The van der Waals surface area contributed by atoms with Gasteiger partial charge in [-0.1, -0.05) is 0 Å². The lowest BCUT2D eigenvalue weighted by Crippen LogP contribution is -2.33. The number of hydrogen-bond acceptors (Lipinski definition) is 3. The van der Waals surface area contributed by atoms with Crippen molar-refractivity contribution in [3.8, 4) is 0 Å². The van der Waals surface area contributed by atoms with Crippen LogP contribution in [0.25, 0.3) is 10.1 Å². The molecular weight excluding hydrogens is 288 g/mol. The molecule has 1 fully saturated rings. The molecule has 21 heavy (non-hydrogen) atoms. The highest BCUT2D eigenvalue weighted by Crippen LogP contribution is 2.25. The maximum atomic E-state index is 12.2. The molecule has 0 spiro atoms. The molecule has 1 aromatic carbocycles. The molecule has 0 radical (unpaired) electrons. The molecule has 6 heteroatoms. The quantitative estimate of drug-likeness (QED) is 0.914. The first-order valence-electron chi connectivity index (χ1n) is 6.87. The molecule has 2 heterocycles. The van der Waals surface area contributed by atoms with E-state index < -0.39 is 5.97 Å². The zero-order valence-electron chi connectivity index (χ0n) is 11.4. The predicted octanol–water partition coefficient (Wildman–Crippen LogP) is 3.23. The molecule has 2 aromatic rings. The van der Waals surface area contributed by atoms with Gasteiger partial charge >= 0.3 is 12.0 Å². The van der Waals surface area contributed by atoms with Crippen molar-refractivity contribution in [1.29, 1.82) is 0 Å². The number of likely N-dealkylation sites (tertiary alicyclic amines) is 1. The summed E-state index contributed by atoms with van der Waals surface area (Å²) in [6.07, 6.45) is 0.883. The highest BCUT2D eigenvalue weighted by Gasteiger charge is 2.27. The van der Waals surface area contributed by atoms with Crippen LogP contribution >= 0.6 is 11.3 Å². The van der Waals surface area contributed by atoms with Crippen molar-refractivity contribution < 1.29 is 14.7 Å². The third kappa shape index (κ3) is 3.16. The van der Waals surface area contributed by atoms with Crippen molar-refractivity contribution in [3.05, 3.63) is 29.6 Å². The summed E-state index contributed by atoms with van der Waals surface area (Å²) >= 11 is 1.67. The third-order valence-corrected chi connectivity index (χ3v) is 4.64. The second kappa shape index (κ2) is 5.73. The topological polar surface area (TPSA) is 69.6 Å². The summed E-state index contributed by atoms with van der Waals surface area (Å²) in [6, 6.07) is 7.70. The van der Waals surface area contributed by atoms with Crippen LogP contribution in [0.15, 0.2) is 29.6 Å². The molecule has 2 amide bonds. The molecule has 1 aromatic heterocycles. The van der Waals surface area contributed by atoms with Gasteiger partial charge in [-0.15, -0.1) is 11.3 Å². The average Bonchev–Trinajstić information content (AvgIpc) is 3.06. The molecule has 3 rings (SSSR count). The molecule has 1 unspecified atom stereocenters. The summed E-state index contributed by atoms with van der Waals surface area (Å²) in [5, 5.41) is 14.8. The van der Waals surface area contributed by atoms with Crippen LogP contribution in [0.5, 0.6) is 0 Å². The van der Waals surface area contributed by atoms with Crippen molar-refractivity contribution in [3.63, 3.8) is 0 Å². The number of anilines is 1. The molecule has 110 valence electrons. The molecule has 2 N–H and O–H groups in total. The largest absolute Gasteiger partial charge is 0.481 e. The first kappa shape index (κ1) is 13.9. The molecule has 0 bridgehead atoms. The maximum Gasteiger partial charge on any atom is 0.321 e. The number of fused-ring (bicyclic) bond motifs is 1. The van der Waals surface area contributed by atoms with Crippen LogP contribution in [-0.2, 0) is 4.79 Å². The van der Waals surface area contributed by atoms with E-state index in [0.29, 0.717) is 13.1 Å². The predicted molar refractivity (Wildman–Crippen MR) is 82.8 cm³/mol. The molecule has 1 aliphatic heterocycles. The standard InChI is InChI=1S/C15H16N2O3S/c18-14(19)7-10-3-5-17(9-10)15(20)16-12-1-2-13-11(8-12)4-6-21-13/h1-2,4,6,8,10H,3,5,7,9H2,(H,16,20)(H,18,19). The number of rotatable bonds is 3. The number of thiophene rings is 1. The second-order valence-electron chi connectivity index (χ2n) is 5.30. The van der Waals surface area contributed by atoms with Gasteiger partial charge in [-0.3, -0.25) is 4.79 Å². The van der Waals surface area contributed by atoms with Gasteiger partial charge in [0, 0.05) is 29.9 Å². The van der Waals surface area contributed by atoms with E-state index in [1.165, 1.54) is 4.70 Å². The number of carboxylic acids is 1. The Morgan fingerprint density at radius 1 is 1.38 bits per heavy atom. The lowest BCUT2D eigenvalue weighted by atomic mass is 10.1. The van der Waals surface area contributed by atoms with E-state index in [2.05, 4.69) is 5.32 Å². The Hall–Kier alpha value is -2.08. The number of urea groups is 1. The first-order valence-corrected chi connectivity index (χ1v) is 7.75.